The maximum atomic E-state index is 14.0. The second-order valence-corrected chi connectivity index (χ2v) is 6.93. The first-order valence-corrected chi connectivity index (χ1v) is 9.34. The molecular weight excluding hydrogens is 421 g/mol. The number of aliphatic imine (C=N–C) groups is 1. The summed E-state index contributed by atoms with van der Waals surface area (Å²) in [4.78, 5) is 4.36. The standard InChI is InChI=1S/C22H15BrFN3O/c23-17-9-7-16(8-10-17)20-13-22(27-26-20)25-14-15-6-11-19(24)21(12-15)28-18-4-2-1-3-5-18/h1-14H,(H,26,27). The fourth-order valence-corrected chi connectivity index (χ4v) is 2.85. The SMILES string of the molecule is Fc1ccc(C=Nc2cc(-c3ccc(Br)cc3)[nH]n2)cc1Oc1ccccc1. The lowest BCUT2D eigenvalue weighted by Gasteiger charge is -2.07. The van der Waals surface area contributed by atoms with Gasteiger partial charge in [-0.2, -0.15) is 5.10 Å². The summed E-state index contributed by atoms with van der Waals surface area (Å²) in [7, 11) is 0. The van der Waals surface area contributed by atoms with Gasteiger partial charge in [-0.3, -0.25) is 5.10 Å². The molecule has 1 heterocycles. The first kappa shape index (κ1) is 18.1. The summed E-state index contributed by atoms with van der Waals surface area (Å²) in [5.74, 6) is 0.820. The number of para-hydroxylation sites is 1. The summed E-state index contributed by atoms with van der Waals surface area (Å²) in [5.41, 5.74) is 2.59. The Bertz CT molecular complexity index is 1110. The number of rotatable bonds is 5. The first-order valence-electron chi connectivity index (χ1n) is 8.55. The van der Waals surface area contributed by atoms with Gasteiger partial charge < -0.3 is 4.74 Å². The molecule has 6 heteroatoms. The number of hydrogen-bond acceptors (Lipinski definition) is 3. The number of benzene rings is 3. The minimum absolute atomic E-state index is 0.146. The van der Waals surface area contributed by atoms with Crippen molar-refractivity contribution in [2.24, 2.45) is 4.99 Å². The molecule has 4 rings (SSSR count). The maximum absolute atomic E-state index is 14.0. The number of aromatic amines is 1. The third-order valence-corrected chi connectivity index (χ3v) is 4.52. The number of hydrogen-bond donors (Lipinski definition) is 1. The highest BCUT2D eigenvalue weighted by Crippen LogP contribution is 2.26. The van der Waals surface area contributed by atoms with Crippen molar-refractivity contribution in [1.29, 1.82) is 0 Å². The van der Waals surface area contributed by atoms with Crippen LogP contribution < -0.4 is 4.74 Å². The molecule has 0 radical (unpaired) electrons. The van der Waals surface area contributed by atoms with Crippen molar-refractivity contribution < 1.29 is 9.13 Å². The number of ether oxygens (including phenoxy) is 1. The number of halogens is 2. The van der Waals surface area contributed by atoms with Crippen molar-refractivity contribution in [3.05, 3.63) is 94.7 Å². The molecule has 0 saturated carbocycles. The molecule has 0 saturated heterocycles. The normalized spacial score (nSPS) is 11.1. The Hall–Kier alpha value is -3.25. The second kappa shape index (κ2) is 8.19. The molecule has 3 aromatic carbocycles. The lowest BCUT2D eigenvalue weighted by atomic mass is 10.1. The third kappa shape index (κ3) is 4.35. The van der Waals surface area contributed by atoms with Gasteiger partial charge in [0.25, 0.3) is 0 Å². The van der Waals surface area contributed by atoms with Crippen molar-refractivity contribution in [1.82, 2.24) is 10.2 Å². The minimum Gasteiger partial charge on any atom is -0.454 e. The van der Waals surface area contributed by atoms with Crippen LogP contribution in [0.3, 0.4) is 0 Å². The van der Waals surface area contributed by atoms with E-state index in [1.807, 2.05) is 48.5 Å². The average molecular weight is 436 g/mol. The Labute approximate surface area is 169 Å². The molecule has 0 spiro atoms. The molecule has 1 N–H and O–H groups in total. The molecule has 4 aromatic rings. The predicted molar refractivity (Wildman–Crippen MR) is 112 cm³/mol. The molecule has 0 fully saturated rings. The highest BCUT2D eigenvalue weighted by molar-refractivity contribution is 9.10. The first-order chi connectivity index (χ1) is 13.7. The monoisotopic (exact) mass is 435 g/mol. The summed E-state index contributed by atoms with van der Waals surface area (Å²) in [6, 6.07) is 23.4. The predicted octanol–water partition coefficient (Wildman–Crippen LogP) is 6.52. The van der Waals surface area contributed by atoms with Gasteiger partial charge in [0.1, 0.15) is 5.75 Å². The average Bonchev–Trinajstić information content (AvgIpc) is 3.19. The second-order valence-electron chi connectivity index (χ2n) is 6.01. The Morgan fingerprint density at radius 1 is 0.964 bits per heavy atom. The lowest BCUT2D eigenvalue weighted by molar-refractivity contribution is 0.442. The van der Waals surface area contributed by atoms with Crippen LogP contribution in [0.15, 0.2) is 88.3 Å². The van der Waals surface area contributed by atoms with Crippen LogP contribution in [0.2, 0.25) is 0 Å². The zero-order chi connectivity index (χ0) is 19.3. The molecule has 0 atom stereocenters. The Morgan fingerprint density at radius 3 is 2.54 bits per heavy atom. The molecule has 1 aromatic heterocycles. The highest BCUT2D eigenvalue weighted by Gasteiger charge is 2.06. The van der Waals surface area contributed by atoms with E-state index in [0.717, 1.165) is 15.7 Å². The molecule has 0 aliphatic heterocycles. The molecule has 0 bridgehead atoms. The summed E-state index contributed by atoms with van der Waals surface area (Å²) < 4.78 is 20.7. The fourth-order valence-electron chi connectivity index (χ4n) is 2.59. The van der Waals surface area contributed by atoms with Crippen LogP contribution in [-0.2, 0) is 0 Å². The summed E-state index contributed by atoms with van der Waals surface area (Å²) in [6.07, 6.45) is 1.62. The molecule has 28 heavy (non-hydrogen) atoms. The molecule has 0 amide bonds. The van der Waals surface area contributed by atoms with Crippen LogP contribution in [0.25, 0.3) is 11.3 Å². The van der Waals surface area contributed by atoms with Crippen molar-refractivity contribution in [2.75, 3.05) is 0 Å². The van der Waals surface area contributed by atoms with Crippen LogP contribution in [0, 0.1) is 5.82 Å². The van der Waals surface area contributed by atoms with Crippen LogP contribution in [0.5, 0.6) is 11.5 Å². The number of H-pyrrole nitrogens is 1. The largest absolute Gasteiger partial charge is 0.454 e. The van der Waals surface area contributed by atoms with E-state index in [0.29, 0.717) is 17.1 Å². The fraction of sp³-hybridized carbons (Fsp3) is 0. The Morgan fingerprint density at radius 2 is 1.75 bits per heavy atom. The van der Waals surface area contributed by atoms with E-state index in [-0.39, 0.29) is 5.75 Å². The van der Waals surface area contributed by atoms with E-state index in [1.165, 1.54) is 6.07 Å². The van der Waals surface area contributed by atoms with E-state index >= 15 is 0 Å². The van der Waals surface area contributed by atoms with E-state index in [9.17, 15) is 4.39 Å². The zero-order valence-corrected chi connectivity index (χ0v) is 16.2. The molecule has 4 nitrogen and oxygen atoms in total. The quantitative estimate of drug-likeness (QED) is 0.362. The zero-order valence-electron chi connectivity index (χ0n) is 14.6. The van der Waals surface area contributed by atoms with Gasteiger partial charge in [0.2, 0.25) is 0 Å². The smallest absolute Gasteiger partial charge is 0.174 e. The van der Waals surface area contributed by atoms with Crippen molar-refractivity contribution in [2.45, 2.75) is 0 Å². The van der Waals surface area contributed by atoms with Gasteiger partial charge >= 0.3 is 0 Å². The van der Waals surface area contributed by atoms with E-state index in [4.69, 9.17) is 4.74 Å². The van der Waals surface area contributed by atoms with Gasteiger partial charge in [-0.05, 0) is 47.5 Å². The van der Waals surface area contributed by atoms with Crippen molar-refractivity contribution in [3.8, 4) is 22.8 Å². The van der Waals surface area contributed by atoms with Gasteiger partial charge in [0.05, 0.1) is 5.69 Å². The summed E-state index contributed by atoms with van der Waals surface area (Å²) in [6.45, 7) is 0. The Balaban J connectivity index is 1.52. The molecular formula is C22H15BrFN3O. The van der Waals surface area contributed by atoms with Gasteiger partial charge in [0, 0.05) is 16.8 Å². The highest BCUT2D eigenvalue weighted by atomic mass is 79.9. The number of nitrogens with one attached hydrogen (secondary N) is 1. The van der Waals surface area contributed by atoms with Gasteiger partial charge in [-0.25, -0.2) is 9.38 Å². The van der Waals surface area contributed by atoms with Gasteiger partial charge in [-0.15, -0.1) is 0 Å². The van der Waals surface area contributed by atoms with E-state index in [1.54, 1.807) is 30.5 Å². The minimum atomic E-state index is -0.432. The third-order valence-electron chi connectivity index (χ3n) is 3.99. The molecule has 0 aliphatic rings. The van der Waals surface area contributed by atoms with Crippen LogP contribution >= 0.6 is 15.9 Å². The maximum Gasteiger partial charge on any atom is 0.174 e. The number of aromatic nitrogens is 2. The van der Waals surface area contributed by atoms with E-state index < -0.39 is 5.82 Å². The van der Waals surface area contributed by atoms with Gasteiger partial charge in [-0.1, -0.05) is 52.3 Å². The number of nitrogens with zero attached hydrogens (tertiary/aromatic N) is 2. The molecule has 0 aliphatic carbocycles. The van der Waals surface area contributed by atoms with Crippen LogP contribution in [0.1, 0.15) is 5.56 Å². The summed E-state index contributed by atoms with van der Waals surface area (Å²) >= 11 is 3.42. The molecule has 0 unspecified atom stereocenters. The van der Waals surface area contributed by atoms with E-state index in [2.05, 4.69) is 31.1 Å². The van der Waals surface area contributed by atoms with Gasteiger partial charge in [0.15, 0.2) is 17.4 Å². The van der Waals surface area contributed by atoms with Crippen molar-refractivity contribution in [3.63, 3.8) is 0 Å². The lowest BCUT2D eigenvalue weighted by Crippen LogP contribution is -1.90. The topological polar surface area (TPSA) is 50.3 Å². The molecule has 138 valence electrons. The van der Waals surface area contributed by atoms with Crippen molar-refractivity contribution >= 4 is 28.0 Å². The Kier molecular flexibility index (Phi) is 5.30. The van der Waals surface area contributed by atoms with Crippen LogP contribution in [0.4, 0.5) is 10.2 Å². The van der Waals surface area contributed by atoms with Crippen LogP contribution in [-0.4, -0.2) is 16.4 Å². The summed E-state index contributed by atoms with van der Waals surface area (Å²) in [5, 5.41) is 7.17.